The Morgan fingerprint density at radius 2 is 1.85 bits per heavy atom. The van der Waals surface area contributed by atoms with Gasteiger partial charge in [0.15, 0.2) is 0 Å². The molecule has 2 aliphatic heterocycles. The second kappa shape index (κ2) is 12.4. The maximum atomic E-state index is 13.9. The van der Waals surface area contributed by atoms with Gasteiger partial charge in [-0.3, -0.25) is 14.4 Å². The molecule has 4 bridgehead atoms. The number of carboxylic acids is 1. The molecule has 2 N–H and O–H groups in total. The van der Waals surface area contributed by atoms with Gasteiger partial charge in [-0.1, -0.05) is 12.1 Å². The van der Waals surface area contributed by atoms with Crippen LogP contribution in [0.3, 0.4) is 0 Å². The molecule has 1 saturated heterocycles. The third kappa shape index (κ3) is 7.71. The zero-order valence-corrected chi connectivity index (χ0v) is 23.0. The summed E-state index contributed by atoms with van der Waals surface area (Å²) in [5.41, 5.74) is 0.168. The maximum Gasteiger partial charge on any atom is 0.326 e. The van der Waals surface area contributed by atoms with Crippen LogP contribution in [0.2, 0.25) is 0 Å². The summed E-state index contributed by atoms with van der Waals surface area (Å²) >= 11 is 0. The van der Waals surface area contributed by atoms with Crippen LogP contribution < -0.4 is 10.1 Å². The number of carbonyl (C=O) groups is 4. The Kier molecular flexibility index (Phi) is 9.15. The summed E-state index contributed by atoms with van der Waals surface area (Å²) < 4.78 is 17.3. The molecule has 2 amide bonds. The van der Waals surface area contributed by atoms with Crippen molar-refractivity contribution < 1.29 is 38.5 Å². The Morgan fingerprint density at radius 1 is 1.10 bits per heavy atom. The van der Waals surface area contributed by atoms with Crippen molar-refractivity contribution in [3.8, 4) is 5.75 Å². The highest BCUT2D eigenvalue weighted by Gasteiger charge is 2.45. The lowest BCUT2D eigenvalue weighted by molar-refractivity contribution is -0.161. The number of ether oxygens (including phenoxy) is 3. The van der Waals surface area contributed by atoms with E-state index in [1.165, 1.54) is 4.90 Å². The summed E-state index contributed by atoms with van der Waals surface area (Å²) in [6.07, 6.45) is 2.59. The van der Waals surface area contributed by atoms with Crippen molar-refractivity contribution in [2.24, 2.45) is 11.8 Å². The fraction of sp³-hybridized carbons (Fsp3) is 0.655. The van der Waals surface area contributed by atoms with Crippen LogP contribution in [0.4, 0.5) is 0 Å². The molecule has 3 atom stereocenters. The second-order valence-electron chi connectivity index (χ2n) is 11.8. The topological polar surface area (TPSA) is 131 Å². The molecule has 4 rings (SSSR count). The summed E-state index contributed by atoms with van der Waals surface area (Å²) in [7, 11) is 0. The molecule has 1 saturated carbocycles. The first kappa shape index (κ1) is 28.9. The number of hydrogen-bond acceptors (Lipinski definition) is 7. The first-order valence-electron chi connectivity index (χ1n) is 13.9. The molecule has 1 aromatic carbocycles. The van der Waals surface area contributed by atoms with E-state index in [9.17, 15) is 24.3 Å². The highest BCUT2D eigenvalue weighted by atomic mass is 16.6. The largest absolute Gasteiger partial charge is 0.493 e. The van der Waals surface area contributed by atoms with Crippen molar-refractivity contribution in [1.82, 2.24) is 10.2 Å². The number of esters is 1. The summed E-state index contributed by atoms with van der Waals surface area (Å²) in [6, 6.07) is 5.36. The molecule has 1 aromatic rings. The van der Waals surface area contributed by atoms with Crippen LogP contribution in [0.15, 0.2) is 24.3 Å². The average Bonchev–Trinajstić information content (AvgIpc) is 3.30. The Morgan fingerprint density at radius 3 is 2.54 bits per heavy atom. The quantitative estimate of drug-likeness (QED) is 0.556. The minimum Gasteiger partial charge on any atom is -0.493 e. The van der Waals surface area contributed by atoms with Crippen LogP contribution >= 0.6 is 0 Å². The van der Waals surface area contributed by atoms with E-state index < -0.39 is 35.7 Å². The molecule has 39 heavy (non-hydrogen) atoms. The number of rotatable bonds is 3. The van der Waals surface area contributed by atoms with Crippen LogP contribution in [0.25, 0.3) is 0 Å². The van der Waals surface area contributed by atoms with Gasteiger partial charge in [-0.15, -0.1) is 0 Å². The van der Waals surface area contributed by atoms with Gasteiger partial charge in [-0.25, -0.2) is 4.79 Å². The van der Waals surface area contributed by atoms with E-state index in [-0.39, 0.29) is 43.1 Å². The Labute approximate surface area is 229 Å². The van der Waals surface area contributed by atoms with Crippen LogP contribution in [0, 0.1) is 11.8 Å². The van der Waals surface area contributed by atoms with Crippen molar-refractivity contribution in [2.75, 3.05) is 19.8 Å². The first-order chi connectivity index (χ1) is 18.5. The fourth-order valence-corrected chi connectivity index (χ4v) is 5.68. The zero-order chi connectivity index (χ0) is 28.2. The molecular formula is C29H40N2O8. The van der Waals surface area contributed by atoms with E-state index in [1.807, 2.05) is 45.0 Å². The fourth-order valence-electron chi connectivity index (χ4n) is 5.68. The molecule has 0 radical (unpaired) electrons. The predicted octanol–water partition coefficient (Wildman–Crippen LogP) is 2.72. The Hall–Kier alpha value is -3.14. The van der Waals surface area contributed by atoms with Crippen LogP contribution in [-0.2, 0) is 35.1 Å². The molecule has 0 aromatic heterocycles. The summed E-state index contributed by atoms with van der Waals surface area (Å²) in [5, 5.41) is 12.8. The molecular weight excluding hydrogens is 504 g/mol. The van der Waals surface area contributed by atoms with Gasteiger partial charge in [-0.05, 0) is 70.1 Å². The van der Waals surface area contributed by atoms with Gasteiger partial charge < -0.3 is 29.5 Å². The molecule has 0 spiro atoms. The highest BCUT2D eigenvalue weighted by Crippen LogP contribution is 2.34. The van der Waals surface area contributed by atoms with Crippen molar-refractivity contribution >= 4 is 23.8 Å². The molecule has 214 valence electrons. The van der Waals surface area contributed by atoms with E-state index in [1.54, 1.807) is 0 Å². The molecule has 1 aliphatic carbocycles. The standard InChI is InChI=1S/C29H40N2O8/c1-29(2,3)39-28(36)20-10-8-19(9-11-20)25-26(33)31-17-22(16-23(31)27(34)35)38-13-5-12-37-21-7-4-6-18(14-21)15-24(32)30-25/h4,6-7,14,19-20,22-23,25H,5,8-13,15-17H2,1-3H3,(H,30,32)(H,34,35)/t19?,20?,22-,23+,25?/m1/s1. The van der Waals surface area contributed by atoms with E-state index in [0.29, 0.717) is 51.1 Å². The third-order valence-electron chi connectivity index (χ3n) is 7.57. The smallest absolute Gasteiger partial charge is 0.326 e. The van der Waals surface area contributed by atoms with Crippen LogP contribution in [0.1, 0.15) is 64.9 Å². The number of nitrogens with one attached hydrogen (secondary N) is 1. The number of nitrogens with zero attached hydrogens (tertiary/aromatic N) is 1. The molecule has 3 aliphatic rings. The summed E-state index contributed by atoms with van der Waals surface area (Å²) in [6.45, 7) is 6.44. The number of carbonyl (C=O) groups excluding carboxylic acids is 3. The lowest BCUT2D eigenvalue weighted by Gasteiger charge is -2.36. The second-order valence-corrected chi connectivity index (χ2v) is 11.8. The van der Waals surface area contributed by atoms with Crippen molar-refractivity contribution in [1.29, 1.82) is 0 Å². The van der Waals surface area contributed by atoms with Crippen LogP contribution in [0.5, 0.6) is 5.75 Å². The van der Waals surface area contributed by atoms with E-state index in [4.69, 9.17) is 14.2 Å². The SMILES string of the molecule is CC(C)(C)OC(=O)C1CCC(C2NC(=O)Cc3cccc(c3)OCCCO[C@@H]3C[C@@H](C(=O)O)N(C3)C2=O)CC1. The summed E-state index contributed by atoms with van der Waals surface area (Å²) in [5.74, 6) is -1.93. The lowest BCUT2D eigenvalue weighted by atomic mass is 9.78. The Balaban J connectivity index is 1.55. The predicted molar refractivity (Wildman–Crippen MR) is 141 cm³/mol. The monoisotopic (exact) mass is 544 g/mol. The number of fused-ring (bicyclic) bond motifs is 4. The molecule has 1 unspecified atom stereocenters. The van der Waals surface area contributed by atoms with Gasteiger partial charge in [0.2, 0.25) is 11.8 Å². The van der Waals surface area contributed by atoms with Gasteiger partial charge >= 0.3 is 11.9 Å². The van der Waals surface area contributed by atoms with Gasteiger partial charge in [-0.2, -0.15) is 0 Å². The minimum atomic E-state index is -1.09. The number of aliphatic carboxylic acids is 1. The highest BCUT2D eigenvalue weighted by molar-refractivity contribution is 5.91. The molecule has 10 nitrogen and oxygen atoms in total. The normalized spacial score (nSPS) is 28.8. The van der Waals surface area contributed by atoms with Gasteiger partial charge in [0.25, 0.3) is 0 Å². The number of carboxylic acid groups (broad SMARTS) is 1. The van der Waals surface area contributed by atoms with Gasteiger partial charge in [0.05, 0.1) is 31.7 Å². The van der Waals surface area contributed by atoms with E-state index in [2.05, 4.69) is 5.32 Å². The number of hydrogen-bond donors (Lipinski definition) is 2. The lowest BCUT2D eigenvalue weighted by Crippen LogP contribution is -2.55. The maximum absolute atomic E-state index is 13.9. The van der Waals surface area contributed by atoms with E-state index in [0.717, 1.165) is 5.56 Å². The molecule has 2 fully saturated rings. The number of benzene rings is 1. The van der Waals surface area contributed by atoms with Crippen LogP contribution in [-0.4, -0.2) is 77.3 Å². The minimum absolute atomic E-state index is 0.0579. The first-order valence-corrected chi connectivity index (χ1v) is 13.9. The van der Waals surface area contributed by atoms with E-state index >= 15 is 0 Å². The van der Waals surface area contributed by atoms with Gasteiger partial charge in [0, 0.05) is 19.4 Å². The molecule has 10 heteroatoms. The zero-order valence-electron chi connectivity index (χ0n) is 23.0. The van der Waals surface area contributed by atoms with Crippen molar-refractivity contribution in [2.45, 2.75) is 89.5 Å². The molecule has 2 heterocycles. The average molecular weight is 545 g/mol. The third-order valence-corrected chi connectivity index (χ3v) is 7.57. The summed E-state index contributed by atoms with van der Waals surface area (Å²) in [4.78, 5) is 53.2. The Bertz CT molecular complexity index is 1060. The van der Waals surface area contributed by atoms with Crippen molar-refractivity contribution in [3.63, 3.8) is 0 Å². The van der Waals surface area contributed by atoms with Gasteiger partial charge in [0.1, 0.15) is 23.4 Å². The van der Waals surface area contributed by atoms with Crippen molar-refractivity contribution in [3.05, 3.63) is 29.8 Å². The number of amides is 2.